The lowest BCUT2D eigenvalue weighted by molar-refractivity contribution is -0.662. The molecule has 0 bridgehead atoms. The van der Waals surface area contributed by atoms with Gasteiger partial charge in [-0.3, -0.25) is 4.98 Å². The fourth-order valence-corrected chi connectivity index (χ4v) is 18.6. The number of pyridine rings is 10. The van der Waals surface area contributed by atoms with Crippen LogP contribution in [-0.4, -0.2) is 39.9 Å². The molecule has 684 valence electrons. The maximum Gasteiger partial charge on any atom is 0.289 e. The van der Waals surface area contributed by atoms with E-state index in [-0.39, 0.29) is 0 Å². The van der Waals surface area contributed by atoms with Crippen LogP contribution in [0.25, 0.3) is 133 Å². The van der Waals surface area contributed by atoms with Gasteiger partial charge in [-0.15, -0.1) is 0 Å². The van der Waals surface area contributed by atoms with Crippen LogP contribution < -0.4 is 27.4 Å². The van der Waals surface area contributed by atoms with E-state index in [9.17, 15) is 0 Å². The predicted octanol–water partition coefficient (Wildman–Crippen LogP) is 25.3. The van der Waals surface area contributed by atoms with Gasteiger partial charge in [-0.1, -0.05) is 137 Å². The third-order valence-electron chi connectivity index (χ3n) is 26.5. The molecule has 0 aliphatic rings. The van der Waals surface area contributed by atoms with Gasteiger partial charge in [0.1, 0.15) is 61.6 Å². The summed E-state index contributed by atoms with van der Waals surface area (Å²) in [5, 5.41) is 7.06. The van der Waals surface area contributed by atoms with Crippen LogP contribution in [0.1, 0.15) is 190 Å². The van der Waals surface area contributed by atoms with Crippen LogP contribution in [0, 0.1) is 136 Å². The quantitative estimate of drug-likeness (QED) is 0.111. The lowest BCUT2D eigenvalue weighted by Crippen LogP contribution is -2.32. The minimum Gasteiger partial charge on any atom is -0.260 e. The number of rotatable bonds is 12. The highest BCUT2D eigenvalue weighted by Gasteiger charge is 2.28. The predicted molar refractivity (Wildman–Crippen MR) is 556 cm³/mol. The summed E-state index contributed by atoms with van der Waals surface area (Å²) in [6.45, 7) is 56.9. The van der Waals surface area contributed by atoms with E-state index in [2.05, 4.69) is 420 Å². The number of hydrogen-bond donors (Lipinski definition) is 0. The van der Waals surface area contributed by atoms with Crippen LogP contribution in [0.3, 0.4) is 0 Å². The van der Waals surface area contributed by atoms with Crippen molar-refractivity contribution in [2.45, 2.75) is 205 Å². The van der Waals surface area contributed by atoms with Crippen LogP contribution in [0.15, 0.2) is 220 Å². The van der Waals surface area contributed by atoms with Crippen LogP contribution in [-0.2, 0) is 55.1 Å². The third kappa shape index (κ3) is 21.7. The number of hydrogen-bond acceptors (Lipinski definition) is 8. The van der Waals surface area contributed by atoms with Gasteiger partial charge in [0.15, 0.2) is 24.8 Å². The maximum absolute atomic E-state index is 5.03. The molecule has 14 heteroatoms. The first-order chi connectivity index (χ1) is 63.6. The summed E-state index contributed by atoms with van der Waals surface area (Å²) >= 11 is 0. The first kappa shape index (κ1) is 98.1. The second-order valence-electron chi connectivity index (χ2n) is 39.2. The van der Waals surface area contributed by atoms with Crippen molar-refractivity contribution in [3.05, 3.63) is 343 Å². The summed E-state index contributed by atoms with van der Waals surface area (Å²) in [5.41, 5.74) is 49.5. The standard InChI is InChI=1S/2C22H27N2.2C21H25N2.2C17H18N3/c1-14(2)9-18-12-19-7-8-24(6)22(21(19)23-13-18)20-11-15(3)10-16(4)17(20)5;1-14(2)11-19-8-7-18-9-10-24(6)22(21(18)23-19)20-13-15(3)12-16(4)17(20)5;1-13(2)18-11-17-7-8-23(6)21(20(17)22-12-18)19-10-14(3)9-15(4)16(19)5;1-13(2)19-8-7-17-9-10-23(6)21(20(17)22-19)18-12-14(3)11-15(4)16(18)5;1-11-7-12(2)13(3)15(8-11)17-14-5-6-18-9-16(14)19-10-20(17)4;1-11-8-12(2)13(3)15(9-11)16-14-6-5-7-18-17(14)19-10-20(16)4/h7-8,10-14H,9H2,1-6H3;7-10,12-14H,11H2,1-6H3;2*7-13H,1-6H3;2*5-10H,1-4H3/q6*+1. The zero-order valence-corrected chi connectivity index (χ0v) is 85.8. The minimum absolute atomic E-state index is 0.429. The summed E-state index contributed by atoms with van der Waals surface area (Å²) in [6, 6.07) is 55.0. The summed E-state index contributed by atoms with van der Waals surface area (Å²) < 4.78 is 12.9. The summed E-state index contributed by atoms with van der Waals surface area (Å²) in [5.74, 6) is 2.18. The molecule has 0 fully saturated rings. The van der Waals surface area contributed by atoms with E-state index in [1.165, 1.54) is 206 Å². The van der Waals surface area contributed by atoms with Crippen molar-refractivity contribution < 1.29 is 27.4 Å². The van der Waals surface area contributed by atoms with E-state index in [1.54, 1.807) is 6.20 Å². The van der Waals surface area contributed by atoms with E-state index in [0.29, 0.717) is 23.7 Å². The van der Waals surface area contributed by atoms with Gasteiger partial charge >= 0.3 is 0 Å². The molecule has 12 aromatic heterocycles. The number of benzene rings is 6. The lowest BCUT2D eigenvalue weighted by atomic mass is 9.95. The van der Waals surface area contributed by atoms with Crippen LogP contribution >= 0.6 is 0 Å². The molecular formula is C120H140N14+6. The molecule has 0 radical (unpaired) electrons. The van der Waals surface area contributed by atoms with Gasteiger partial charge in [-0.25, -0.2) is 34.1 Å². The van der Waals surface area contributed by atoms with Crippen molar-refractivity contribution in [1.82, 2.24) is 39.9 Å². The first-order valence-electron chi connectivity index (χ1n) is 47.4. The zero-order chi connectivity index (χ0) is 96.9. The Hall–Kier alpha value is -13.5. The van der Waals surface area contributed by atoms with Gasteiger partial charge in [0.05, 0.1) is 53.3 Å². The molecule has 0 N–H and O–H groups in total. The third-order valence-corrected chi connectivity index (χ3v) is 26.5. The maximum atomic E-state index is 5.03. The molecule has 0 saturated heterocycles. The van der Waals surface area contributed by atoms with Crippen molar-refractivity contribution in [2.24, 2.45) is 54.1 Å². The van der Waals surface area contributed by atoms with Crippen LogP contribution in [0.4, 0.5) is 0 Å². The van der Waals surface area contributed by atoms with Crippen LogP contribution in [0.2, 0.25) is 0 Å². The highest BCUT2D eigenvalue weighted by atomic mass is 15.0. The Balaban J connectivity index is 0.000000137. The molecule has 0 amide bonds. The average Bonchev–Trinajstić information content (AvgIpc) is 0.770. The Kier molecular flexibility index (Phi) is 30.6. The molecule has 134 heavy (non-hydrogen) atoms. The Morgan fingerprint density at radius 3 is 1.07 bits per heavy atom. The Bertz CT molecular complexity index is 7360. The summed E-state index contributed by atoms with van der Waals surface area (Å²) in [6.07, 6.45) is 23.8. The lowest BCUT2D eigenvalue weighted by Gasteiger charge is -2.12. The summed E-state index contributed by atoms with van der Waals surface area (Å²) in [4.78, 5) is 37.1. The fourth-order valence-electron chi connectivity index (χ4n) is 18.6. The molecule has 0 unspecified atom stereocenters. The second kappa shape index (κ2) is 41.8. The average molecular weight is 1780 g/mol. The Morgan fingerprint density at radius 2 is 0.657 bits per heavy atom. The first-order valence-corrected chi connectivity index (χ1v) is 47.4. The van der Waals surface area contributed by atoms with E-state index < -0.39 is 0 Å². The van der Waals surface area contributed by atoms with E-state index >= 15 is 0 Å². The van der Waals surface area contributed by atoms with Gasteiger partial charge in [-0.2, -0.15) is 18.3 Å². The van der Waals surface area contributed by atoms with Gasteiger partial charge in [0.2, 0.25) is 28.3 Å². The molecule has 0 aliphatic carbocycles. The zero-order valence-electron chi connectivity index (χ0n) is 85.8. The molecule has 14 nitrogen and oxygen atoms in total. The van der Waals surface area contributed by atoms with Crippen molar-refractivity contribution in [3.63, 3.8) is 0 Å². The van der Waals surface area contributed by atoms with Gasteiger partial charge in [-0.05, 0) is 328 Å². The molecule has 0 atom stereocenters. The number of nitrogens with zero attached hydrogens (tertiary/aromatic N) is 14. The fraction of sp³-hybridized carbons (Fsp3) is 0.317. The molecule has 0 saturated carbocycles. The SMILES string of the molecule is Cc1cc(C)c(C)c(-c2c3cccnc3nc[n+]2C)c1.Cc1cc(C)c(C)c(-c2c3ccncc3nc[n+]2C)c1.Cc1cc(C)c(C)c(-c2c3nc(C(C)C)ccc3cc[n+]2C)c1.Cc1cc(C)c(C)c(-c2c3nc(CC(C)C)ccc3cc[n+]2C)c1.Cc1cc(C)c(C)c(-c2c3ncc(C(C)C)cc3cc[n+]2C)c1.Cc1cc(C)c(C)c(-c2c3ncc(CC(C)C)cc3cc[n+]2C)c1. The van der Waals surface area contributed by atoms with Crippen LogP contribution in [0.5, 0.6) is 0 Å². The van der Waals surface area contributed by atoms with Gasteiger partial charge < -0.3 is 0 Å². The van der Waals surface area contributed by atoms with Crippen molar-refractivity contribution in [2.75, 3.05) is 0 Å². The molecule has 18 aromatic rings. The van der Waals surface area contributed by atoms with E-state index in [0.717, 1.165) is 62.5 Å². The van der Waals surface area contributed by atoms with Crippen molar-refractivity contribution in [3.8, 4) is 67.5 Å². The molecule has 18 rings (SSSR count). The smallest absolute Gasteiger partial charge is 0.260 e. The largest absolute Gasteiger partial charge is 0.289 e. The van der Waals surface area contributed by atoms with E-state index in [1.807, 2.05) is 63.7 Å². The summed E-state index contributed by atoms with van der Waals surface area (Å²) in [7, 11) is 12.5. The molecule has 0 spiro atoms. The Labute approximate surface area is 796 Å². The second-order valence-corrected chi connectivity index (χ2v) is 39.2. The Morgan fingerprint density at radius 1 is 0.284 bits per heavy atom. The highest BCUT2D eigenvalue weighted by molar-refractivity contribution is 5.96. The number of aryl methyl sites for hydroxylation is 18. The highest BCUT2D eigenvalue weighted by Crippen LogP contribution is 2.38. The molecule has 12 heterocycles. The van der Waals surface area contributed by atoms with E-state index in [4.69, 9.17) is 19.9 Å². The molecule has 0 aliphatic heterocycles. The van der Waals surface area contributed by atoms with Crippen molar-refractivity contribution >= 4 is 65.5 Å². The van der Waals surface area contributed by atoms with Crippen molar-refractivity contribution in [1.29, 1.82) is 0 Å². The molecular weight excluding hydrogens is 1640 g/mol. The minimum atomic E-state index is 0.429. The topological polar surface area (TPSA) is 126 Å². The van der Waals surface area contributed by atoms with Gasteiger partial charge in [0.25, 0.3) is 18.3 Å². The number of fused-ring (bicyclic) bond motifs is 6. The molecule has 6 aromatic carbocycles. The monoisotopic (exact) mass is 1780 g/mol. The normalized spacial score (nSPS) is 11.3. The van der Waals surface area contributed by atoms with Gasteiger partial charge in [0, 0.05) is 93.1 Å². The number of aromatic nitrogens is 14.